The number of nitro benzene ring substituents is 1. The minimum atomic E-state index is -4.61. The van der Waals surface area contributed by atoms with Crippen molar-refractivity contribution >= 4 is 60.7 Å². The molecular formula is C30H34BrClN4O7S. The molecule has 3 aromatic rings. The van der Waals surface area contributed by atoms with Crippen molar-refractivity contribution in [2.24, 2.45) is 0 Å². The van der Waals surface area contributed by atoms with Gasteiger partial charge in [-0.25, -0.2) is 8.42 Å². The van der Waals surface area contributed by atoms with Crippen molar-refractivity contribution in [1.29, 1.82) is 0 Å². The Balaban J connectivity index is 2.13. The first-order valence-electron chi connectivity index (χ1n) is 13.7. The molecule has 1 atom stereocenters. The van der Waals surface area contributed by atoms with Gasteiger partial charge in [0.2, 0.25) is 11.8 Å². The zero-order valence-corrected chi connectivity index (χ0v) is 27.9. The molecule has 1 N–H and O–H groups in total. The summed E-state index contributed by atoms with van der Waals surface area (Å²) in [6.07, 6.45) is 1.62. The third-order valence-corrected chi connectivity index (χ3v) is 9.44. The number of sulfonamides is 1. The molecule has 0 saturated carbocycles. The van der Waals surface area contributed by atoms with Gasteiger partial charge in [-0.15, -0.1) is 0 Å². The summed E-state index contributed by atoms with van der Waals surface area (Å²) in [6, 6.07) is 14.0. The molecule has 0 spiro atoms. The molecule has 3 aromatic carbocycles. The van der Waals surface area contributed by atoms with Crippen molar-refractivity contribution in [3.05, 3.63) is 91.4 Å². The minimum absolute atomic E-state index is 0.00501. The normalized spacial score (nSPS) is 11.9. The molecule has 0 fully saturated rings. The van der Waals surface area contributed by atoms with Crippen LogP contribution in [0.15, 0.2) is 70.0 Å². The van der Waals surface area contributed by atoms with Gasteiger partial charge < -0.3 is 15.0 Å². The van der Waals surface area contributed by atoms with Crippen LogP contribution in [-0.4, -0.2) is 56.3 Å². The Labute approximate surface area is 270 Å². The van der Waals surface area contributed by atoms with E-state index in [1.54, 1.807) is 31.2 Å². The summed E-state index contributed by atoms with van der Waals surface area (Å²) in [4.78, 5) is 39.1. The fraction of sp³-hybridized carbons (Fsp3) is 0.333. The second-order valence-electron chi connectivity index (χ2n) is 10.0. The molecule has 3 rings (SSSR count). The third-order valence-electron chi connectivity index (χ3n) is 6.92. The number of ether oxygens (including phenoxy) is 1. The Kier molecular flexibility index (Phi) is 12.1. The van der Waals surface area contributed by atoms with Crippen molar-refractivity contribution in [1.82, 2.24) is 10.2 Å². The Morgan fingerprint density at radius 3 is 2.41 bits per heavy atom. The fourth-order valence-corrected chi connectivity index (χ4v) is 6.22. The van der Waals surface area contributed by atoms with Gasteiger partial charge in [0.1, 0.15) is 18.3 Å². The van der Waals surface area contributed by atoms with E-state index in [4.69, 9.17) is 16.3 Å². The highest BCUT2D eigenvalue weighted by atomic mass is 79.9. The molecule has 0 bridgehead atoms. The van der Waals surface area contributed by atoms with Gasteiger partial charge in [0.15, 0.2) is 0 Å². The first-order valence-corrected chi connectivity index (χ1v) is 16.3. The third kappa shape index (κ3) is 8.48. The van der Waals surface area contributed by atoms with Crippen molar-refractivity contribution in [2.45, 2.75) is 51.1 Å². The van der Waals surface area contributed by atoms with Crippen LogP contribution in [0.3, 0.4) is 0 Å². The van der Waals surface area contributed by atoms with E-state index in [0.717, 1.165) is 27.7 Å². The number of unbranched alkanes of at least 4 members (excludes halogenated alkanes) is 1. The molecule has 0 heterocycles. The number of hydrogen-bond donors (Lipinski definition) is 1. The van der Waals surface area contributed by atoms with E-state index in [0.29, 0.717) is 12.1 Å². The second-order valence-corrected chi connectivity index (χ2v) is 13.2. The summed E-state index contributed by atoms with van der Waals surface area (Å²) in [5, 5.41) is 14.6. The van der Waals surface area contributed by atoms with Crippen LogP contribution in [0.25, 0.3) is 0 Å². The molecule has 11 nitrogen and oxygen atoms in total. The monoisotopic (exact) mass is 708 g/mol. The first kappa shape index (κ1) is 34.8. The molecule has 14 heteroatoms. The van der Waals surface area contributed by atoms with Gasteiger partial charge >= 0.3 is 0 Å². The van der Waals surface area contributed by atoms with Crippen LogP contribution >= 0.6 is 27.5 Å². The van der Waals surface area contributed by atoms with E-state index in [1.807, 2.05) is 6.92 Å². The zero-order valence-electron chi connectivity index (χ0n) is 24.7. The van der Waals surface area contributed by atoms with Crippen LogP contribution in [-0.2, 0) is 26.2 Å². The van der Waals surface area contributed by atoms with Crippen molar-refractivity contribution in [3.8, 4) is 5.75 Å². The molecule has 0 aliphatic heterocycles. The predicted molar refractivity (Wildman–Crippen MR) is 172 cm³/mol. The number of halogens is 2. The lowest BCUT2D eigenvalue weighted by atomic mass is 10.1. The summed E-state index contributed by atoms with van der Waals surface area (Å²) in [6.45, 7) is 4.71. The highest BCUT2D eigenvalue weighted by molar-refractivity contribution is 9.10. The zero-order chi connectivity index (χ0) is 32.6. The number of nitro groups is 1. The largest absolute Gasteiger partial charge is 0.495 e. The molecule has 236 valence electrons. The van der Waals surface area contributed by atoms with E-state index in [2.05, 4.69) is 21.2 Å². The summed E-state index contributed by atoms with van der Waals surface area (Å²) < 4.78 is 35.4. The SMILES string of the molecule is CCCCNC(=O)[C@@H](C)N(Cc1ccc(Br)cc1)C(=O)CN(c1cc(Cl)ccc1OC)S(=O)(=O)c1ccc(C)c([N+](=O)[O-])c1. The van der Waals surface area contributed by atoms with Gasteiger partial charge in [-0.05, 0) is 62.2 Å². The maximum absolute atomic E-state index is 14.2. The smallest absolute Gasteiger partial charge is 0.273 e. The van der Waals surface area contributed by atoms with Crippen LogP contribution in [0.1, 0.15) is 37.8 Å². The van der Waals surface area contributed by atoms with Crippen LogP contribution in [0, 0.1) is 17.0 Å². The number of methoxy groups -OCH3 is 1. The molecule has 0 aliphatic rings. The maximum Gasteiger partial charge on any atom is 0.273 e. The quantitative estimate of drug-likeness (QED) is 0.126. The number of rotatable bonds is 14. The molecule has 44 heavy (non-hydrogen) atoms. The maximum atomic E-state index is 14.2. The summed E-state index contributed by atoms with van der Waals surface area (Å²) >= 11 is 9.64. The van der Waals surface area contributed by atoms with Gasteiger partial charge in [0.05, 0.1) is 22.6 Å². The van der Waals surface area contributed by atoms with E-state index in [1.165, 1.54) is 49.3 Å². The molecule has 0 saturated heterocycles. The summed E-state index contributed by atoms with van der Waals surface area (Å²) in [5.41, 5.74) is 0.518. The van der Waals surface area contributed by atoms with Gasteiger partial charge in [-0.1, -0.05) is 59.1 Å². The number of aryl methyl sites for hydroxylation is 1. The Hall–Kier alpha value is -3.68. The topological polar surface area (TPSA) is 139 Å². The van der Waals surface area contributed by atoms with Crippen LogP contribution in [0.5, 0.6) is 5.75 Å². The minimum Gasteiger partial charge on any atom is -0.495 e. The standard InChI is InChI=1S/C30H34BrClN4O7S/c1-5-6-15-33-30(38)21(3)34(18-22-8-10-23(31)11-9-22)29(37)19-35(27-16-24(32)12-14-28(27)43-4)44(41,42)25-13-7-20(2)26(17-25)36(39)40/h7-14,16-17,21H,5-6,15,18-19H2,1-4H3,(H,33,38)/t21-/m1/s1. The molecule has 0 radical (unpaired) electrons. The number of amides is 2. The fourth-order valence-electron chi connectivity index (χ4n) is 4.35. The Morgan fingerprint density at radius 1 is 1.11 bits per heavy atom. The lowest BCUT2D eigenvalue weighted by Gasteiger charge is -2.32. The number of carbonyl (C=O) groups is 2. The van der Waals surface area contributed by atoms with Gasteiger partial charge in [-0.3, -0.25) is 24.0 Å². The number of nitrogens with zero attached hydrogens (tertiary/aromatic N) is 3. The molecular weight excluding hydrogens is 676 g/mol. The predicted octanol–water partition coefficient (Wildman–Crippen LogP) is 5.86. The number of carbonyl (C=O) groups excluding carboxylic acids is 2. The van der Waals surface area contributed by atoms with Crippen molar-refractivity contribution in [2.75, 3.05) is 24.5 Å². The highest BCUT2D eigenvalue weighted by Crippen LogP contribution is 2.36. The molecule has 0 aromatic heterocycles. The average Bonchev–Trinajstić information content (AvgIpc) is 2.99. The Morgan fingerprint density at radius 2 is 1.80 bits per heavy atom. The van der Waals surface area contributed by atoms with E-state index >= 15 is 0 Å². The first-order chi connectivity index (χ1) is 20.8. The lowest BCUT2D eigenvalue weighted by molar-refractivity contribution is -0.385. The van der Waals surface area contributed by atoms with Gasteiger partial charge in [-0.2, -0.15) is 0 Å². The van der Waals surface area contributed by atoms with Crippen molar-refractivity contribution in [3.63, 3.8) is 0 Å². The Bertz CT molecular complexity index is 1620. The number of benzene rings is 3. The molecule has 2 amide bonds. The van der Waals surface area contributed by atoms with Gasteiger partial charge in [0.25, 0.3) is 15.7 Å². The molecule has 0 aliphatic carbocycles. The van der Waals surface area contributed by atoms with Gasteiger partial charge in [0, 0.05) is 34.2 Å². The number of nitrogens with one attached hydrogen (secondary N) is 1. The van der Waals surface area contributed by atoms with E-state index in [9.17, 15) is 28.1 Å². The molecule has 0 unspecified atom stereocenters. The van der Waals surface area contributed by atoms with E-state index < -0.39 is 49.9 Å². The lowest BCUT2D eigenvalue weighted by Crippen LogP contribution is -2.51. The average molecular weight is 710 g/mol. The van der Waals surface area contributed by atoms with E-state index in [-0.39, 0.29) is 28.6 Å². The summed E-state index contributed by atoms with van der Waals surface area (Å²) in [7, 11) is -3.28. The van der Waals surface area contributed by atoms with Crippen LogP contribution in [0.4, 0.5) is 11.4 Å². The number of hydrogen-bond acceptors (Lipinski definition) is 7. The van der Waals surface area contributed by atoms with Crippen molar-refractivity contribution < 1.29 is 27.7 Å². The second kappa shape index (κ2) is 15.4. The van der Waals surface area contributed by atoms with Crippen LogP contribution in [0.2, 0.25) is 5.02 Å². The highest BCUT2D eigenvalue weighted by Gasteiger charge is 2.35. The summed E-state index contributed by atoms with van der Waals surface area (Å²) in [5.74, 6) is -0.997. The van der Waals surface area contributed by atoms with Crippen LogP contribution < -0.4 is 14.4 Å². The number of anilines is 1.